The van der Waals surface area contributed by atoms with Gasteiger partial charge in [-0.2, -0.15) is 0 Å². The lowest BCUT2D eigenvalue weighted by atomic mass is 9.89. The SMILES string of the molecule is c1nnc(N2CCCC3(C2)CN(C2CCOCC2)CCO3)s1. The minimum atomic E-state index is -0.0273. The Balaban J connectivity index is 1.45. The van der Waals surface area contributed by atoms with Crippen LogP contribution in [0, 0.1) is 0 Å². The van der Waals surface area contributed by atoms with Crippen LogP contribution in [0.4, 0.5) is 5.13 Å². The number of hydrogen-bond acceptors (Lipinski definition) is 7. The molecule has 4 heterocycles. The summed E-state index contributed by atoms with van der Waals surface area (Å²) in [5, 5.41) is 9.25. The van der Waals surface area contributed by atoms with E-state index in [4.69, 9.17) is 9.47 Å². The van der Waals surface area contributed by atoms with Crippen molar-refractivity contribution in [1.29, 1.82) is 0 Å². The summed E-state index contributed by atoms with van der Waals surface area (Å²) in [7, 11) is 0. The molecule has 3 saturated heterocycles. The zero-order valence-corrected chi connectivity index (χ0v) is 13.8. The third kappa shape index (κ3) is 2.99. The second kappa shape index (κ2) is 6.39. The highest BCUT2D eigenvalue weighted by atomic mass is 32.1. The van der Waals surface area contributed by atoms with E-state index in [9.17, 15) is 0 Å². The van der Waals surface area contributed by atoms with Crippen LogP contribution in [-0.2, 0) is 9.47 Å². The van der Waals surface area contributed by atoms with E-state index >= 15 is 0 Å². The van der Waals surface area contributed by atoms with Gasteiger partial charge in [-0.15, -0.1) is 10.2 Å². The summed E-state index contributed by atoms with van der Waals surface area (Å²) in [6.07, 6.45) is 4.65. The summed E-state index contributed by atoms with van der Waals surface area (Å²) >= 11 is 1.62. The predicted molar refractivity (Wildman–Crippen MR) is 85.5 cm³/mol. The molecule has 4 rings (SSSR count). The van der Waals surface area contributed by atoms with Gasteiger partial charge in [0.1, 0.15) is 5.51 Å². The second-order valence-corrected chi connectivity index (χ2v) is 7.40. The molecule has 1 spiro atoms. The Labute approximate surface area is 135 Å². The van der Waals surface area contributed by atoms with Crippen LogP contribution in [0.3, 0.4) is 0 Å². The van der Waals surface area contributed by atoms with Crippen LogP contribution in [0.2, 0.25) is 0 Å². The van der Waals surface area contributed by atoms with Gasteiger partial charge in [-0.1, -0.05) is 11.3 Å². The van der Waals surface area contributed by atoms with Crippen molar-refractivity contribution >= 4 is 16.5 Å². The number of hydrogen-bond donors (Lipinski definition) is 0. The Bertz CT molecular complexity index is 476. The number of aromatic nitrogens is 2. The summed E-state index contributed by atoms with van der Waals surface area (Å²) < 4.78 is 11.8. The first-order chi connectivity index (χ1) is 10.8. The maximum absolute atomic E-state index is 6.30. The Hall–Kier alpha value is -0.760. The molecular weight excluding hydrogens is 300 g/mol. The Morgan fingerprint density at radius 1 is 1.18 bits per heavy atom. The fourth-order valence-corrected chi connectivity index (χ4v) is 4.64. The van der Waals surface area contributed by atoms with E-state index in [0.717, 1.165) is 70.4 Å². The molecule has 1 aromatic heterocycles. The van der Waals surface area contributed by atoms with Gasteiger partial charge in [0, 0.05) is 38.9 Å². The van der Waals surface area contributed by atoms with Gasteiger partial charge < -0.3 is 14.4 Å². The van der Waals surface area contributed by atoms with Gasteiger partial charge in [0.15, 0.2) is 0 Å². The van der Waals surface area contributed by atoms with Crippen molar-refractivity contribution in [2.24, 2.45) is 0 Å². The molecule has 0 saturated carbocycles. The predicted octanol–water partition coefficient (Wildman–Crippen LogP) is 1.39. The summed E-state index contributed by atoms with van der Waals surface area (Å²) in [6.45, 7) is 6.79. The first kappa shape index (κ1) is 14.8. The first-order valence-corrected chi connectivity index (χ1v) is 9.20. The van der Waals surface area contributed by atoms with Crippen LogP contribution >= 0.6 is 11.3 Å². The number of nitrogens with zero attached hydrogens (tertiary/aromatic N) is 4. The molecule has 3 aliphatic rings. The van der Waals surface area contributed by atoms with Crippen LogP contribution in [0.25, 0.3) is 0 Å². The van der Waals surface area contributed by atoms with Crippen LogP contribution in [0.15, 0.2) is 5.51 Å². The van der Waals surface area contributed by atoms with E-state index in [1.807, 2.05) is 5.51 Å². The molecule has 0 N–H and O–H groups in total. The molecule has 0 radical (unpaired) electrons. The fourth-order valence-electron chi connectivity index (χ4n) is 4.05. The molecular formula is C15H24N4O2S. The van der Waals surface area contributed by atoms with Gasteiger partial charge >= 0.3 is 0 Å². The lowest BCUT2D eigenvalue weighted by molar-refractivity contribution is -0.130. The molecule has 1 aromatic rings. The van der Waals surface area contributed by atoms with E-state index in [-0.39, 0.29) is 5.60 Å². The molecule has 0 aromatic carbocycles. The van der Waals surface area contributed by atoms with E-state index in [1.54, 1.807) is 11.3 Å². The second-order valence-electron chi connectivity index (χ2n) is 6.59. The van der Waals surface area contributed by atoms with Gasteiger partial charge in [0.05, 0.1) is 18.8 Å². The maximum Gasteiger partial charge on any atom is 0.208 e. The molecule has 3 aliphatic heterocycles. The molecule has 0 bridgehead atoms. The van der Waals surface area contributed by atoms with Crippen molar-refractivity contribution in [3.63, 3.8) is 0 Å². The largest absolute Gasteiger partial charge is 0.381 e. The number of ether oxygens (including phenoxy) is 2. The Morgan fingerprint density at radius 3 is 2.91 bits per heavy atom. The van der Waals surface area contributed by atoms with Gasteiger partial charge in [-0.3, -0.25) is 4.90 Å². The first-order valence-electron chi connectivity index (χ1n) is 8.32. The third-order valence-electron chi connectivity index (χ3n) is 5.14. The monoisotopic (exact) mass is 324 g/mol. The third-order valence-corrected chi connectivity index (χ3v) is 5.89. The smallest absolute Gasteiger partial charge is 0.208 e. The van der Waals surface area contributed by atoms with Gasteiger partial charge in [0.25, 0.3) is 0 Å². The molecule has 3 fully saturated rings. The normalized spacial score (nSPS) is 31.7. The van der Waals surface area contributed by atoms with Gasteiger partial charge in [0.2, 0.25) is 5.13 Å². The molecule has 0 amide bonds. The van der Waals surface area contributed by atoms with E-state index < -0.39 is 0 Å². The summed E-state index contributed by atoms with van der Waals surface area (Å²) in [4.78, 5) is 5.00. The fraction of sp³-hybridized carbons (Fsp3) is 0.867. The standard InChI is InChI=1S/C15H24N4O2S/c1-4-15(11-19(5-1)14-17-16-12-22-14)10-18(6-9-21-15)13-2-7-20-8-3-13/h12-13H,1-11H2. The minimum absolute atomic E-state index is 0.0273. The van der Waals surface area contributed by atoms with Crippen molar-refractivity contribution in [3.05, 3.63) is 5.51 Å². The zero-order valence-electron chi connectivity index (χ0n) is 12.9. The van der Waals surface area contributed by atoms with Gasteiger partial charge in [-0.05, 0) is 25.7 Å². The zero-order chi connectivity index (χ0) is 14.8. The highest BCUT2D eigenvalue weighted by Gasteiger charge is 2.42. The number of rotatable bonds is 2. The lowest BCUT2D eigenvalue weighted by Crippen LogP contribution is -2.62. The number of piperidine rings is 1. The molecule has 22 heavy (non-hydrogen) atoms. The lowest BCUT2D eigenvalue weighted by Gasteiger charge is -2.50. The van der Waals surface area contributed by atoms with E-state index in [1.165, 1.54) is 6.42 Å². The molecule has 1 atom stereocenters. The average molecular weight is 324 g/mol. The molecule has 7 heteroatoms. The highest BCUT2D eigenvalue weighted by molar-refractivity contribution is 7.13. The minimum Gasteiger partial charge on any atom is -0.381 e. The number of anilines is 1. The Kier molecular flexibility index (Phi) is 4.30. The molecule has 1 unspecified atom stereocenters. The van der Waals surface area contributed by atoms with Crippen molar-refractivity contribution in [2.45, 2.75) is 37.3 Å². The van der Waals surface area contributed by atoms with Crippen LogP contribution in [-0.4, -0.2) is 72.7 Å². The molecule has 122 valence electrons. The van der Waals surface area contributed by atoms with E-state index in [0.29, 0.717) is 6.04 Å². The van der Waals surface area contributed by atoms with Crippen molar-refractivity contribution in [1.82, 2.24) is 15.1 Å². The molecule has 0 aliphatic carbocycles. The van der Waals surface area contributed by atoms with Crippen molar-refractivity contribution in [3.8, 4) is 0 Å². The quantitative estimate of drug-likeness (QED) is 0.819. The van der Waals surface area contributed by atoms with Gasteiger partial charge in [-0.25, -0.2) is 0 Å². The van der Waals surface area contributed by atoms with E-state index in [2.05, 4.69) is 20.0 Å². The highest BCUT2D eigenvalue weighted by Crippen LogP contribution is 2.33. The topological polar surface area (TPSA) is 50.7 Å². The Morgan fingerprint density at radius 2 is 2.09 bits per heavy atom. The van der Waals surface area contributed by atoms with Crippen LogP contribution in [0.5, 0.6) is 0 Å². The van der Waals surface area contributed by atoms with Crippen molar-refractivity contribution in [2.75, 3.05) is 50.9 Å². The molecule has 6 nitrogen and oxygen atoms in total. The van der Waals surface area contributed by atoms with Crippen LogP contribution < -0.4 is 4.90 Å². The van der Waals surface area contributed by atoms with Crippen LogP contribution in [0.1, 0.15) is 25.7 Å². The summed E-state index contributed by atoms with van der Waals surface area (Å²) in [5.74, 6) is 0. The summed E-state index contributed by atoms with van der Waals surface area (Å²) in [5.41, 5.74) is 1.78. The average Bonchev–Trinajstić information content (AvgIpc) is 3.10. The van der Waals surface area contributed by atoms with Crippen molar-refractivity contribution < 1.29 is 9.47 Å². The summed E-state index contributed by atoms with van der Waals surface area (Å²) in [6, 6.07) is 0.673. The number of morpholine rings is 1. The maximum atomic E-state index is 6.30.